The molecule has 3 heteroatoms. The topological polar surface area (TPSA) is 9.72 Å². The second-order valence-electron chi connectivity index (χ2n) is 7.76. The highest BCUT2D eigenvalue weighted by Gasteiger charge is 2.09. The maximum atomic E-state index is 2.31. The fourth-order valence-corrected chi connectivity index (χ4v) is 3.02. The Morgan fingerprint density at radius 3 is 0.955 bits per heavy atom. The Balaban J connectivity index is 3.86. The van der Waals surface area contributed by atoms with Crippen molar-refractivity contribution in [1.82, 2.24) is 14.7 Å². The van der Waals surface area contributed by atoms with Crippen molar-refractivity contribution in [3.63, 3.8) is 0 Å². The fourth-order valence-electron chi connectivity index (χ4n) is 3.02. The molecule has 22 heavy (non-hydrogen) atoms. The average molecular weight is 314 g/mol. The second kappa shape index (κ2) is 14.5. The highest BCUT2D eigenvalue weighted by molar-refractivity contribution is 4.63. The van der Waals surface area contributed by atoms with Gasteiger partial charge in [-0.2, -0.15) is 0 Å². The summed E-state index contributed by atoms with van der Waals surface area (Å²) in [5, 5.41) is 0. The van der Waals surface area contributed by atoms with Crippen LogP contribution in [0.4, 0.5) is 0 Å². The van der Waals surface area contributed by atoms with Gasteiger partial charge in [0.25, 0.3) is 0 Å². The summed E-state index contributed by atoms with van der Waals surface area (Å²) in [6.07, 6.45) is 12.6. The smallest absolute Gasteiger partial charge is 0.00248 e. The van der Waals surface area contributed by atoms with Crippen molar-refractivity contribution < 1.29 is 0 Å². The Labute approximate surface area is 141 Å². The van der Waals surface area contributed by atoms with Crippen molar-refractivity contribution >= 4 is 0 Å². The van der Waals surface area contributed by atoms with E-state index in [2.05, 4.69) is 57.0 Å². The van der Waals surface area contributed by atoms with Crippen molar-refractivity contribution in [2.45, 2.75) is 57.8 Å². The highest BCUT2D eigenvalue weighted by atomic mass is 15.1. The number of hydrogen-bond donors (Lipinski definition) is 0. The largest absolute Gasteiger partial charge is 0.309 e. The molecule has 0 aliphatic carbocycles. The van der Waals surface area contributed by atoms with Gasteiger partial charge in [-0.25, -0.2) is 0 Å². The molecular formula is C19H43N3. The van der Waals surface area contributed by atoms with Gasteiger partial charge in [0.2, 0.25) is 0 Å². The van der Waals surface area contributed by atoms with Crippen LogP contribution >= 0.6 is 0 Å². The first-order valence-electron chi connectivity index (χ1n) is 9.36. The quantitative estimate of drug-likeness (QED) is 0.426. The standard InChI is InChI=1S/C19H43N3/c1-20(2)16-10-7-13-19(14-8-11-17-21(3)4)15-9-12-18-22(5)6/h19H,7-18H2,1-6H3. The molecule has 0 aromatic heterocycles. The molecule has 0 atom stereocenters. The van der Waals surface area contributed by atoms with Crippen molar-refractivity contribution in [1.29, 1.82) is 0 Å². The molecule has 0 unspecified atom stereocenters. The van der Waals surface area contributed by atoms with E-state index in [1.54, 1.807) is 0 Å². The molecule has 0 aromatic carbocycles. The summed E-state index contributed by atoms with van der Waals surface area (Å²) in [5.41, 5.74) is 0. The zero-order valence-electron chi connectivity index (χ0n) is 16.4. The summed E-state index contributed by atoms with van der Waals surface area (Å²) < 4.78 is 0. The van der Waals surface area contributed by atoms with Gasteiger partial charge in [-0.3, -0.25) is 0 Å². The third-order valence-corrected chi connectivity index (χ3v) is 4.40. The molecule has 3 nitrogen and oxygen atoms in total. The molecule has 0 amide bonds. The Morgan fingerprint density at radius 1 is 0.455 bits per heavy atom. The first-order valence-corrected chi connectivity index (χ1v) is 9.36. The van der Waals surface area contributed by atoms with Crippen LogP contribution in [0, 0.1) is 5.92 Å². The molecule has 134 valence electrons. The van der Waals surface area contributed by atoms with Gasteiger partial charge in [0, 0.05) is 0 Å². The van der Waals surface area contributed by atoms with E-state index >= 15 is 0 Å². The van der Waals surface area contributed by atoms with Crippen molar-refractivity contribution in [2.75, 3.05) is 61.9 Å². The molecule has 0 aliphatic rings. The zero-order valence-corrected chi connectivity index (χ0v) is 16.4. The number of hydrogen-bond acceptors (Lipinski definition) is 3. The van der Waals surface area contributed by atoms with Crippen LogP contribution in [0.3, 0.4) is 0 Å². The van der Waals surface area contributed by atoms with Gasteiger partial charge in [-0.15, -0.1) is 0 Å². The van der Waals surface area contributed by atoms with Gasteiger partial charge in [-0.05, 0) is 87.1 Å². The number of unbranched alkanes of at least 4 members (excludes halogenated alkanes) is 3. The predicted molar refractivity (Wildman–Crippen MR) is 101 cm³/mol. The van der Waals surface area contributed by atoms with Gasteiger partial charge in [0.15, 0.2) is 0 Å². The van der Waals surface area contributed by atoms with Gasteiger partial charge in [0.1, 0.15) is 0 Å². The second-order valence-corrected chi connectivity index (χ2v) is 7.76. The van der Waals surface area contributed by atoms with E-state index in [1.165, 1.54) is 77.4 Å². The minimum atomic E-state index is 0.964. The highest BCUT2D eigenvalue weighted by Crippen LogP contribution is 2.22. The van der Waals surface area contributed by atoms with Crippen LogP contribution in [0.25, 0.3) is 0 Å². The Hall–Kier alpha value is -0.120. The lowest BCUT2D eigenvalue weighted by atomic mass is 9.90. The molecule has 0 rings (SSSR count). The van der Waals surface area contributed by atoms with Gasteiger partial charge >= 0.3 is 0 Å². The lowest BCUT2D eigenvalue weighted by molar-refractivity contribution is 0.325. The van der Waals surface area contributed by atoms with E-state index in [4.69, 9.17) is 0 Å². The van der Waals surface area contributed by atoms with Crippen LogP contribution < -0.4 is 0 Å². The summed E-state index contributed by atoms with van der Waals surface area (Å²) in [5.74, 6) is 0.964. The van der Waals surface area contributed by atoms with Crippen molar-refractivity contribution in [3.8, 4) is 0 Å². The van der Waals surface area contributed by atoms with Crippen molar-refractivity contribution in [3.05, 3.63) is 0 Å². The SMILES string of the molecule is CN(C)CCCCC(CCCCN(C)C)CCCCN(C)C. The molecule has 0 saturated carbocycles. The van der Waals surface area contributed by atoms with E-state index in [1.807, 2.05) is 0 Å². The summed E-state index contributed by atoms with van der Waals surface area (Å²) >= 11 is 0. The van der Waals surface area contributed by atoms with Gasteiger partial charge < -0.3 is 14.7 Å². The minimum absolute atomic E-state index is 0.964. The molecule has 0 aliphatic heterocycles. The molecule has 0 saturated heterocycles. The van der Waals surface area contributed by atoms with Crippen LogP contribution in [0.15, 0.2) is 0 Å². The Morgan fingerprint density at radius 2 is 0.727 bits per heavy atom. The van der Waals surface area contributed by atoms with Crippen LogP contribution in [-0.2, 0) is 0 Å². The van der Waals surface area contributed by atoms with Crippen LogP contribution in [0.2, 0.25) is 0 Å². The number of nitrogens with zero attached hydrogens (tertiary/aromatic N) is 3. The van der Waals surface area contributed by atoms with Gasteiger partial charge in [-0.1, -0.05) is 38.5 Å². The Kier molecular flexibility index (Phi) is 14.4. The maximum absolute atomic E-state index is 2.31. The zero-order chi connectivity index (χ0) is 16.8. The Bertz CT molecular complexity index is 189. The summed E-state index contributed by atoms with van der Waals surface area (Å²) in [7, 11) is 13.1. The van der Waals surface area contributed by atoms with Crippen LogP contribution in [-0.4, -0.2) is 76.6 Å². The molecule has 0 heterocycles. The van der Waals surface area contributed by atoms with E-state index in [-0.39, 0.29) is 0 Å². The molecule has 0 bridgehead atoms. The minimum Gasteiger partial charge on any atom is -0.309 e. The summed E-state index contributed by atoms with van der Waals surface area (Å²) in [4.78, 5) is 6.93. The lowest BCUT2D eigenvalue weighted by Gasteiger charge is -2.19. The third-order valence-electron chi connectivity index (χ3n) is 4.40. The van der Waals surface area contributed by atoms with Gasteiger partial charge in [0.05, 0.1) is 0 Å². The van der Waals surface area contributed by atoms with E-state index < -0.39 is 0 Å². The lowest BCUT2D eigenvalue weighted by Crippen LogP contribution is -2.15. The van der Waals surface area contributed by atoms with E-state index in [0.29, 0.717) is 0 Å². The van der Waals surface area contributed by atoms with Crippen molar-refractivity contribution in [2.24, 2.45) is 5.92 Å². The number of rotatable bonds is 15. The molecule has 0 fully saturated rings. The molecule has 0 aromatic rings. The van der Waals surface area contributed by atoms with E-state index in [9.17, 15) is 0 Å². The fraction of sp³-hybridized carbons (Fsp3) is 1.00. The average Bonchev–Trinajstić information content (AvgIpc) is 2.42. The molecule has 0 spiro atoms. The monoisotopic (exact) mass is 313 g/mol. The van der Waals surface area contributed by atoms with E-state index in [0.717, 1.165) is 5.92 Å². The molecule has 0 N–H and O–H groups in total. The maximum Gasteiger partial charge on any atom is -0.00248 e. The first kappa shape index (κ1) is 21.9. The van der Waals surface area contributed by atoms with Crippen LogP contribution in [0.1, 0.15) is 57.8 Å². The summed E-state index contributed by atoms with van der Waals surface area (Å²) in [6.45, 7) is 3.73. The molecular weight excluding hydrogens is 270 g/mol. The molecule has 0 radical (unpaired) electrons. The van der Waals surface area contributed by atoms with Crippen LogP contribution in [0.5, 0.6) is 0 Å². The third kappa shape index (κ3) is 16.3. The summed E-state index contributed by atoms with van der Waals surface area (Å²) in [6, 6.07) is 0. The first-order chi connectivity index (χ1) is 10.4. The predicted octanol–water partition coefficient (Wildman–Crippen LogP) is 3.80. The normalized spacial score (nSPS) is 12.3.